The highest BCUT2D eigenvalue weighted by Gasteiger charge is 2.30. The van der Waals surface area contributed by atoms with Gasteiger partial charge in [-0.15, -0.1) is 10.2 Å². The molecule has 0 spiro atoms. The van der Waals surface area contributed by atoms with Crippen LogP contribution in [0.3, 0.4) is 0 Å². The van der Waals surface area contributed by atoms with Crippen molar-refractivity contribution in [2.45, 2.75) is 23.3 Å². The third-order valence-electron chi connectivity index (χ3n) is 3.82. The van der Waals surface area contributed by atoms with Crippen LogP contribution in [0, 0.1) is 0 Å². The SMILES string of the molecule is FC(F)(F)c1cccc(CSc2nnc(C3COc4ccccc4O3)o2)c1. The van der Waals surface area contributed by atoms with E-state index < -0.39 is 17.8 Å². The van der Waals surface area contributed by atoms with Gasteiger partial charge in [0.2, 0.25) is 6.10 Å². The monoisotopic (exact) mass is 394 g/mol. The molecule has 0 aliphatic carbocycles. The maximum atomic E-state index is 12.8. The largest absolute Gasteiger partial charge is 0.485 e. The van der Waals surface area contributed by atoms with Gasteiger partial charge >= 0.3 is 6.18 Å². The van der Waals surface area contributed by atoms with E-state index >= 15 is 0 Å². The highest BCUT2D eigenvalue weighted by molar-refractivity contribution is 7.98. The van der Waals surface area contributed by atoms with E-state index in [1.54, 1.807) is 18.2 Å². The van der Waals surface area contributed by atoms with Gasteiger partial charge in [0, 0.05) is 5.75 Å². The Morgan fingerprint density at radius 3 is 2.67 bits per heavy atom. The number of thioether (sulfide) groups is 1. The minimum absolute atomic E-state index is 0.233. The van der Waals surface area contributed by atoms with Crippen LogP contribution in [0.25, 0.3) is 0 Å². The van der Waals surface area contributed by atoms with Crippen LogP contribution in [0.4, 0.5) is 13.2 Å². The Labute approximate surface area is 156 Å². The van der Waals surface area contributed by atoms with E-state index in [0.29, 0.717) is 17.1 Å². The average molecular weight is 394 g/mol. The van der Waals surface area contributed by atoms with Gasteiger partial charge in [-0.25, -0.2) is 0 Å². The van der Waals surface area contributed by atoms with Crippen LogP contribution >= 0.6 is 11.8 Å². The molecule has 0 N–H and O–H groups in total. The second kappa shape index (κ2) is 7.15. The van der Waals surface area contributed by atoms with Crippen molar-refractivity contribution in [3.63, 3.8) is 0 Å². The number of aromatic nitrogens is 2. The number of halogens is 3. The van der Waals surface area contributed by atoms with Crippen LogP contribution in [-0.4, -0.2) is 16.8 Å². The van der Waals surface area contributed by atoms with Crippen molar-refractivity contribution in [1.82, 2.24) is 10.2 Å². The maximum Gasteiger partial charge on any atom is 0.416 e. The van der Waals surface area contributed by atoms with Gasteiger partial charge in [0.15, 0.2) is 11.5 Å². The van der Waals surface area contributed by atoms with Gasteiger partial charge in [-0.2, -0.15) is 13.2 Å². The van der Waals surface area contributed by atoms with Gasteiger partial charge in [0.05, 0.1) is 5.56 Å². The van der Waals surface area contributed by atoms with Gasteiger partial charge in [0.25, 0.3) is 11.1 Å². The molecule has 27 heavy (non-hydrogen) atoms. The smallest absolute Gasteiger partial charge is 0.416 e. The molecule has 4 rings (SSSR count). The molecule has 2 heterocycles. The van der Waals surface area contributed by atoms with E-state index in [1.165, 1.54) is 6.07 Å². The summed E-state index contributed by atoms with van der Waals surface area (Å²) in [5.74, 6) is 1.77. The zero-order chi connectivity index (χ0) is 18.9. The van der Waals surface area contributed by atoms with Crippen LogP contribution < -0.4 is 9.47 Å². The van der Waals surface area contributed by atoms with Crippen molar-refractivity contribution in [3.8, 4) is 11.5 Å². The average Bonchev–Trinajstić information content (AvgIpc) is 3.15. The van der Waals surface area contributed by atoms with E-state index in [0.717, 1.165) is 23.9 Å². The highest BCUT2D eigenvalue weighted by Crippen LogP contribution is 2.36. The van der Waals surface area contributed by atoms with Crippen LogP contribution in [0.5, 0.6) is 11.5 Å². The lowest BCUT2D eigenvalue weighted by Crippen LogP contribution is -2.21. The molecule has 0 saturated heterocycles. The fraction of sp³-hybridized carbons (Fsp3) is 0.222. The molecule has 0 bridgehead atoms. The van der Waals surface area contributed by atoms with Crippen LogP contribution in [0.15, 0.2) is 58.2 Å². The van der Waals surface area contributed by atoms with Crippen LogP contribution in [0.2, 0.25) is 0 Å². The first-order valence-corrected chi connectivity index (χ1v) is 8.98. The first-order valence-electron chi connectivity index (χ1n) is 8.00. The number of para-hydroxylation sites is 2. The molecule has 140 valence electrons. The number of hydrogen-bond acceptors (Lipinski definition) is 6. The molecule has 0 amide bonds. The van der Waals surface area contributed by atoms with Crippen molar-refractivity contribution in [2.75, 3.05) is 6.61 Å². The first kappa shape index (κ1) is 17.7. The standard InChI is InChI=1S/C18H13F3N2O3S/c19-18(20,21)12-5-3-4-11(8-12)10-27-17-23-22-16(26-17)15-9-24-13-6-1-2-7-14(13)25-15/h1-8,15H,9-10H2. The van der Waals surface area contributed by atoms with Gasteiger partial charge in [0.1, 0.15) is 6.61 Å². The molecular formula is C18H13F3N2O3S. The van der Waals surface area contributed by atoms with Crippen LogP contribution in [-0.2, 0) is 11.9 Å². The fourth-order valence-corrected chi connectivity index (χ4v) is 3.25. The van der Waals surface area contributed by atoms with Crippen LogP contribution in [0.1, 0.15) is 23.1 Å². The fourth-order valence-electron chi connectivity index (χ4n) is 2.53. The Morgan fingerprint density at radius 1 is 1.04 bits per heavy atom. The van der Waals surface area contributed by atoms with Crippen molar-refractivity contribution in [3.05, 3.63) is 65.5 Å². The molecule has 1 aliphatic rings. The number of rotatable bonds is 4. The molecule has 5 nitrogen and oxygen atoms in total. The first-order chi connectivity index (χ1) is 13.0. The predicted molar refractivity (Wildman–Crippen MR) is 90.6 cm³/mol. The van der Waals surface area contributed by atoms with E-state index in [2.05, 4.69) is 10.2 Å². The summed E-state index contributed by atoms with van der Waals surface area (Å²) >= 11 is 1.16. The summed E-state index contributed by atoms with van der Waals surface area (Å²) in [7, 11) is 0. The second-order valence-corrected chi connectivity index (χ2v) is 6.68. The topological polar surface area (TPSA) is 57.4 Å². The Kier molecular flexibility index (Phi) is 4.69. The molecule has 0 saturated carbocycles. The lowest BCUT2D eigenvalue weighted by atomic mass is 10.1. The highest BCUT2D eigenvalue weighted by atomic mass is 32.2. The number of benzene rings is 2. The van der Waals surface area contributed by atoms with Crippen molar-refractivity contribution < 1.29 is 27.1 Å². The molecule has 1 aliphatic heterocycles. The van der Waals surface area contributed by atoms with E-state index in [4.69, 9.17) is 13.9 Å². The number of hydrogen-bond donors (Lipinski definition) is 0. The maximum absolute atomic E-state index is 12.8. The molecule has 1 unspecified atom stereocenters. The summed E-state index contributed by atoms with van der Waals surface area (Å²) in [4.78, 5) is 0. The van der Waals surface area contributed by atoms with Gasteiger partial charge < -0.3 is 13.9 Å². The lowest BCUT2D eigenvalue weighted by molar-refractivity contribution is -0.137. The quantitative estimate of drug-likeness (QED) is 0.587. The molecule has 2 aromatic carbocycles. The zero-order valence-corrected chi connectivity index (χ0v) is 14.6. The van der Waals surface area contributed by atoms with E-state index in [1.807, 2.05) is 12.1 Å². The Hall–Kier alpha value is -2.68. The third kappa shape index (κ3) is 4.02. The van der Waals surface area contributed by atoms with Gasteiger partial charge in [-0.3, -0.25) is 0 Å². The Bertz CT molecular complexity index is 945. The Balaban J connectivity index is 1.41. The Morgan fingerprint density at radius 2 is 1.85 bits per heavy atom. The summed E-state index contributed by atoms with van der Waals surface area (Å²) in [5, 5.41) is 8.14. The van der Waals surface area contributed by atoms with Crippen molar-refractivity contribution in [1.29, 1.82) is 0 Å². The number of nitrogens with zero attached hydrogens (tertiary/aromatic N) is 2. The van der Waals surface area contributed by atoms with E-state index in [9.17, 15) is 13.2 Å². The van der Waals surface area contributed by atoms with Gasteiger partial charge in [-0.1, -0.05) is 42.1 Å². The minimum Gasteiger partial charge on any atom is -0.485 e. The molecular weight excluding hydrogens is 381 g/mol. The predicted octanol–water partition coefficient (Wildman–Crippen LogP) is 4.89. The summed E-state index contributed by atoms with van der Waals surface area (Å²) in [6.45, 7) is 0.233. The van der Waals surface area contributed by atoms with Crippen molar-refractivity contribution >= 4 is 11.8 Å². The molecule has 1 aromatic heterocycles. The molecule has 0 radical (unpaired) electrons. The number of fused-ring (bicyclic) bond motifs is 1. The number of alkyl halides is 3. The molecule has 0 fully saturated rings. The summed E-state index contributed by atoms with van der Waals surface area (Å²) in [5.41, 5.74) is -0.168. The summed E-state index contributed by atoms with van der Waals surface area (Å²) in [6.07, 6.45) is -4.90. The second-order valence-electron chi connectivity index (χ2n) is 5.76. The number of ether oxygens (including phenoxy) is 2. The summed E-state index contributed by atoms with van der Waals surface area (Å²) < 4.78 is 55.3. The normalized spacial score (nSPS) is 16.3. The van der Waals surface area contributed by atoms with Crippen molar-refractivity contribution in [2.24, 2.45) is 0 Å². The molecule has 3 aromatic rings. The van der Waals surface area contributed by atoms with E-state index in [-0.39, 0.29) is 23.5 Å². The minimum atomic E-state index is -4.37. The third-order valence-corrected chi connectivity index (χ3v) is 4.71. The summed E-state index contributed by atoms with van der Waals surface area (Å²) in [6, 6.07) is 12.4. The molecule has 9 heteroatoms. The zero-order valence-electron chi connectivity index (χ0n) is 13.8. The lowest BCUT2D eigenvalue weighted by Gasteiger charge is -2.23. The molecule has 1 atom stereocenters. The van der Waals surface area contributed by atoms with Gasteiger partial charge in [-0.05, 0) is 23.8 Å².